The van der Waals surface area contributed by atoms with Crippen LogP contribution in [-0.4, -0.2) is 27.2 Å². The van der Waals surface area contributed by atoms with Gasteiger partial charge in [-0.2, -0.15) is 0 Å². The lowest BCUT2D eigenvalue weighted by molar-refractivity contribution is -0.118. The number of fused-ring (bicyclic) bond motifs is 2. The van der Waals surface area contributed by atoms with Crippen molar-refractivity contribution >= 4 is 34.1 Å². The number of aromatic hydroxyl groups is 1. The second-order valence-electron chi connectivity index (χ2n) is 7.02. The smallest absolute Gasteiger partial charge is 0.262 e. The fraction of sp³-hybridized carbons (Fsp3) is 0.227. The monoisotopic (exact) mass is 425 g/mol. The number of phenols is 1. The van der Waals surface area contributed by atoms with Crippen LogP contribution in [0.15, 0.2) is 47.8 Å². The molecular weight excluding hydrogens is 406 g/mol. The highest BCUT2D eigenvalue weighted by atomic mass is 35.5. The lowest BCUT2D eigenvalue weighted by atomic mass is 10.0. The van der Waals surface area contributed by atoms with Gasteiger partial charge in [-0.15, -0.1) is 6.58 Å². The molecule has 1 amide bonds. The first-order valence-electron chi connectivity index (χ1n) is 9.55. The molecule has 0 spiro atoms. The molecule has 0 bridgehead atoms. The first-order valence-corrected chi connectivity index (χ1v) is 9.93. The van der Waals surface area contributed by atoms with Crippen LogP contribution >= 0.6 is 11.6 Å². The van der Waals surface area contributed by atoms with E-state index in [1.54, 1.807) is 22.8 Å². The minimum atomic E-state index is -0.471. The molecule has 0 atom stereocenters. The summed E-state index contributed by atoms with van der Waals surface area (Å²) in [6.07, 6.45) is 3.77. The van der Waals surface area contributed by atoms with E-state index < -0.39 is 5.91 Å². The second-order valence-corrected chi connectivity index (χ2v) is 7.45. The van der Waals surface area contributed by atoms with Crippen molar-refractivity contribution in [2.75, 3.05) is 11.9 Å². The van der Waals surface area contributed by atoms with E-state index in [1.165, 1.54) is 18.2 Å². The molecule has 0 saturated carbocycles. The molecule has 0 fully saturated rings. The van der Waals surface area contributed by atoms with Crippen LogP contribution in [-0.2, 0) is 24.2 Å². The number of amides is 1. The maximum Gasteiger partial charge on any atom is 0.262 e. The zero-order valence-electron chi connectivity index (χ0n) is 16.2. The molecule has 3 aromatic rings. The summed E-state index contributed by atoms with van der Waals surface area (Å²) in [6, 6.07) is 7.80. The molecule has 1 aliphatic rings. The van der Waals surface area contributed by atoms with Crippen LogP contribution < -0.4 is 15.6 Å². The fourth-order valence-electron chi connectivity index (χ4n) is 3.64. The average molecular weight is 426 g/mol. The maximum absolute atomic E-state index is 13.0. The van der Waals surface area contributed by atoms with Crippen molar-refractivity contribution < 1.29 is 14.6 Å². The third-order valence-corrected chi connectivity index (χ3v) is 5.23. The summed E-state index contributed by atoms with van der Waals surface area (Å²) >= 11 is 5.90. The summed E-state index contributed by atoms with van der Waals surface area (Å²) in [7, 11) is 0. The third kappa shape index (κ3) is 3.76. The number of carbonyl (C=O) groups excluding carboxylic acids is 1. The van der Waals surface area contributed by atoms with Gasteiger partial charge in [0, 0.05) is 23.6 Å². The third-order valence-electron chi connectivity index (χ3n) is 4.99. The average Bonchev–Trinajstić information content (AvgIpc) is 3.19. The van der Waals surface area contributed by atoms with Gasteiger partial charge in [0.2, 0.25) is 0 Å². The Bertz CT molecular complexity index is 1220. The minimum Gasteiger partial charge on any atom is -0.506 e. The number of nitrogens with zero attached hydrogens (tertiary/aromatic N) is 2. The van der Waals surface area contributed by atoms with Crippen LogP contribution in [0.1, 0.15) is 17.8 Å². The van der Waals surface area contributed by atoms with Crippen molar-refractivity contribution in [3.8, 4) is 11.5 Å². The lowest BCUT2D eigenvalue weighted by Crippen LogP contribution is -2.23. The summed E-state index contributed by atoms with van der Waals surface area (Å²) in [4.78, 5) is 30.0. The highest BCUT2D eigenvalue weighted by molar-refractivity contribution is 6.31. The number of phenolic OH excluding ortho intramolecular Hbond substituents is 1. The van der Waals surface area contributed by atoms with Gasteiger partial charge in [0.1, 0.15) is 17.3 Å². The molecule has 30 heavy (non-hydrogen) atoms. The summed E-state index contributed by atoms with van der Waals surface area (Å²) in [5.41, 5.74) is 1.37. The van der Waals surface area contributed by atoms with E-state index in [-0.39, 0.29) is 23.6 Å². The van der Waals surface area contributed by atoms with Gasteiger partial charge >= 0.3 is 0 Å². The van der Waals surface area contributed by atoms with E-state index in [1.807, 2.05) is 0 Å². The van der Waals surface area contributed by atoms with Crippen LogP contribution in [0.4, 0.5) is 5.69 Å². The van der Waals surface area contributed by atoms with E-state index in [9.17, 15) is 14.7 Å². The van der Waals surface area contributed by atoms with E-state index in [4.69, 9.17) is 16.3 Å². The van der Waals surface area contributed by atoms with Crippen LogP contribution in [0.2, 0.25) is 5.02 Å². The molecule has 154 valence electrons. The Morgan fingerprint density at radius 1 is 1.37 bits per heavy atom. The van der Waals surface area contributed by atoms with Gasteiger partial charge in [0.05, 0.1) is 16.6 Å². The van der Waals surface area contributed by atoms with Crippen molar-refractivity contribution in [1.29, 1.82) is 0 Å². The summed E-state index contributed by atoms with van der Waals surface area (Å²) in [6.45, 7) is 4.12. The Kier molecular flexibility index (Phi) is 5.46. The Balaban J connectivity index is 1.61. The largest absolute Gasteiger partial charge is 0.506 e. The first kappa shape index (κ1) is 20.0. The number of rotatable bonds is 6. The standard InChI is InChI=1S/C22H20ClN3O4/c1-2-4-14-18(30-12-20(28)25-16-11-13(23)6-8-17(16)27)9-7-15-21(14)22(29)26-10-3-5-19(26)24-15/h2,6-9,11,27H,1,3-5,10,12H2,(H,25,28). The molecule has 1 aromatic heterocycles. The minimum absolute atomic E-state index is 0.0944. The normalized spacial score (nSPS) is 12.6. The number of hydrogen-bond donors (Lipinski definition) is 2. The fourth-order valence-corrected chi connectivity index (χ4v) is 3.81. The number of ether oxygens (including phenoxy) is 1. The van der Waals surface area contributed by atoms with Crippen molar-refractivity contribution in [2.24, 2.45) is 0 Å². The van der Waals surface area contributed by atoms with E-state index >= 15 is 0 Å². The highest BCUT2D eigenvalue weighted by Gasteiger charge is 2.20. The van der Waals surface area contributed by atoms with Crippen LogP contribution in [0.5, 0.6) is 11.5 Å². The highest BCUT2D eigenvalue weighted by Crippen LogP contribution is 2.28. The van der Waals surface area contributed by atoms with E-state index in [0.29, 0.717) is 40.2 Å². The Hall–Kier alpha value is -3.32. The van der Waals surface area contributed by atoms with Gasteiger partial charge in [0.25, 0.3) is 11.5 Å². The number of halogens is 1. The van der Waals surface area contributed by atoms with Gasteiger partial charge < -0.3 is 15.2 Å². The molecule has 4 rings (SSSR count). The molecule has 0 unspecified atom stereocenters. The molecule has 2 heterocycles. The van der Waals surface area contributed by atoms with Gasteiger partial charge in [-0.1, -0.05) is 17.7 Å². The Morgan fingerprint density at radius 2 is 2.20 bits per heavy atom. The number of aromatic nitrogens is 2. The zero-order chi connectivity index (χ0) is 21.3. The van der Waals surface area contributed by atoms with Crippen molar-refractivity contribution in [3.63, 3.8) is 0 Å². The quantitative estimate of drug-likeness (QED) is 0.466. The molecule has 2 N–H and O–H groups in total. The van der Waals surface area contributed by atoms with Crippen LogP contribution in [0, 0.1) is 0 Å². The number of nitrogens with one attached hydrogen (secondary N) is 1. The summed E-state index contributed by atoms with van der Waals surface area (Å²) in [5, 5.41) is 13.3. The van der Waals surface area contributed by atoms with Gasteiger partial charge in [-0.05, 0) is 43.2 Å². The van der Waals surface area contributed by atoms with Crippen LogP contribution in [0.3, 0.4) is 0 Å². The Morgan fingerprint density at radius 3 is 3.00 bits per heavy atom. The molecule has 1 aliphatic heterocycles. The molecule has 0 saturated heterocycles. The molecule has 0 aliphatic carbocycles. The van der Waals surface area contributed by atoms with Gasteiger partial charge in [-0.3, -0.25) is 14.2 Å². The number of anilines is 1. The molecular formula is C22H20ClN3O4. The van der Waals surface area contributed by atoms with Crippen molar-refractivity contribution in [1.82, 2.24) is 9.55 Å². The molecule has 7 nitrogen and oxygen atoms in total. The summed E-state index contributed by atoms with van der Waals surface area (Å²) in [5.74, 6) is 0.650. The van der Waals surface area contributed by atoms with Crippen LogP contribution in [0.25, 0.3) is 10.9 Å². The van der Waals surface area contributed by atoms with Gasteiger partial charge in [-0.25, -0.2) is 4.98 Å². The van der Waals surface area contributed by atoms with E-state index in [2.05, 4.69) is 16.9 Å². The predicted molar refractivity (Wildman–Crippen MR) is 115 cm³/mol. The summed E-state index contributed by atoms with van der Waals surface area (Å²) < 4.78 is 7.43. The topological polar surface area (TPSA) is 93.4 Å². The number of aryl methyl sites for hydroxylation is 1. The SMILES string of the molecule is C=CCc1c(OCC(=O)Nc2cc(Cl)ccc2O)ccc2nc3n(c(=O)c12)CCC3. The number of benzene rings is 2. The number of carbonyl (C=O) groups is 1. The predicted octanol–water partition coefficient (Wildman–Crippen LogP) is 3.45. The molecule has 0 radical (unpaired) electrons. The number of hydrogen-bond acceptors (Lipinski definition) is 5. The van der Waals surface area contributed by atoms with E-state index in [0.717, 1.165) is 18.7 Å². The zero-order valence-corrected chi connectivity index (χ0v) is 16.9. The number of allylic oxidation sites excluding steroid dienone is 1. The molecule has 2 aromatic carbocycles. The maximum atomic E-state index is 13.0. The van der Waals surface area contributed by atoms with Crippen molar-refractivity contribution in [3.05, 3.63) is 69.8 Å². The van der Waals surface area contributed by atoms with Gasteiger partial charge in [0.15, 0.2) is 6.61 Å². The molecule has 8 heteroatoms. The first-order chi connectivity index (χ1) is 14.5. The van der Waals surface area contributed by atoms with Crippen molar-refractivity contribution in [2.45, 2.75) is 25.8 Å². The second kappa shape index (κ2) is 8.20. The lowest BCUT2D eigenvalue weighted by Gasteiger charge is -2.14. The Labute approximate surface area is 177 Å².